The van der Waals surface area contributed by atoms with E-state index in [-0.39, 0.29) is 24.9 Å². The highest BCUT2D eigenvalue weighted by atomic mass is 19.1. The maximum absolute atomic E-state index is 13.7. The van der Waals surface area contributed by atoms with E-state index >= 15 is 0 Å². The first-order chi connectivity index (χ1) is 19.8. The van der Waals surface area contributed by atoms with Gasteiger partial charge in [0.25, 0.3) is 0 Å². The van der Waals surface area contributed by atoms with E-state index in [9.17, 15) is 9.18 Å². The first-order valence-corrected chi connectivity index (χ1v) is 14.1. The predicted octanol–water partition coefficient (Wildman–Crippen LogP) is 2.96. The van der Waals surface area contributed by atoms with Crippen LogP contribution in [0.5, 0.6) is 0 Å². The van der Waals surface area contributed by atoms with Crippen molar-refractivity contribution in [1.29, 1.82) is 0 Å². The van der Waals surface area contributed by atoms with E-state index in [0.29, 0.717) is 47.0 Å². The first-order valence-electron chi connectivity index (χ1n) is 14.1. The maximum Gasteiger partial charge on any atom is 0.230 e. The summed E-state index contributed by atoms with van der Waals surface area (Å²) in [5.41, 5.74) is 1.76. The van der Waals surface area contributed by atoms with Gasteiger partial charge in [0, 0.05) is 24.3 Å². The van der Waals surface area contributed by atoms with Crippen LogP contribution in [0.3, 0.4) is 0 Å². The molecule has 11 nitrogen and oxygen atoms in total. The van der Waals surface area contributed by atoms with E-state index in [1.807, 2.05) is 21.0 Å². The quantitative estimate of drug-likeness (QED) is 0.274. The molecule has 0 aliphatic carbocycles. The van der Waals surface area contributed by atoms with Crippen molar-refractivity contribution in [2.75, 3.05) is 58.8 Å². The van der Waals surface area contributed by atoms with Gasteiger partial charge in [0.15, 0.2) is 5.82 Å². The first kappa shape index (κ1) is 29.1. The molecule has 2 aromatic heterocycles. The van der Waals surface area contributed by atoms with Gasteiger partial charge in [-0.2, -0.15) is 0 Å². The van der Waals surface area contributed by atoms with E-state index in [1.165, 1.54) is 12.1 Å². The third-order valence-corrected chi connectivity index (χ3v) is 7.37. The fourth-order valence-corrected chi connectivity index (χ4v) is 4.93. The minimum atomic E-state index is -0.814. The van der Waals surface area contributed by atoms with Crippen LogP contribution in [0.15, 0.2) is 36.5 Å². The van der Waals surface area contributed by atoms with Crippen molar-refractivity contribution < 1.29 is 18.7 Å². The van der Waals surface area contributed by atoms with Crippen LogP contribution in [0.2, 0.25) is 0 Å². The summed E-state index contributed by atoms with van der Waals surface area (Å²) in [5, 5.41) is 9.79. The maximum atomic E-state index is 13.7. The monoisotopic (exact) mass is 566 g/mol. The minimum Gasteiger partial charge on any atom is -0.355 e. The van der Waals surface area contributed by atoms with Gasteiger partial charge >= 0.3 is 0 Å². The van der Waals surface area contributed by atoms with Gasteiger partial charge in [-0.15, -0.1) is 0 Å². The fraction of sp³-hybridized carbons (Fsp3) is 0.517. The zero-order chi connectivity index (χ0) is 28.8. The molecule has 2 aliphatic heterocycles. The second-order valence-electron chi connectivity index (χ2n) is 11.2. The molecule has 0 unspecified atom stereocenters. The Balaban J connectivity index is 1.34. The van der Waals surface area contributed by atoms with E-state index in [0.717, 1.165) is 38.9 Å². The number of imidazole rings is 1. The number of rotatable bonds is 10. The summed E-state index contributed by atoms with van der Waals surface area (Å²) in [4.78, 5) is 32.3. The highest BCUT2D eigenvalue weighted by molar-refractivity contribution is 5.82. The number of halogens is 1. The van der Waals surface area contributed by atoms with Crippen LogP contribution < -0.4 is 16.0 Å². The molecule has 2 saturated heterocycles. The summed E-state index contributed by atoms with van der Waals surface area (Å²) in [6, 6.07) is 8.24. The van der Waals surface area contributed by atoms with Crippen molar-refractivity contribution in [3.63, 3.8) is 0 Å². The van der Waals surface area contributed by atoms with Gasteiger partial charge in [-0.1, -0.05) is 0 Å². The minimum absolute atomic E-state index is 0.100. The number of benzene rings is 1. The molecule has 2 fully saturated rings. The van der Waals surface area contributed by atoms with Gasteiger partial charge < -0.3 is 35.3 Å². The van der Waals surface area contributed by atoms with Gasteiger partial charge in [0.1, 0.15) is 5.82 Å². The molecular formula is C29H39FN8O3. The van der Waals surface area contributed by atoms with Crippen molar-refractivity contribution in [1.82, 2.24) is 35.5 Å². The number of nitrogens with zero attached hydrogens (tertiary/aromatic N) is 4. The van der Waals surface area contributed by atoms with Crippen molar-refractivity contribution in [2.24, 2.45) is 5.41 Å². The molecule has 1 aromatic carbocycles. The van der Waals surface area contributed by atoms with Crippen LogP contribution in [-0.4, -0.2) is 90.3 Å². The molecule has 12 heteroatoms. The van der Waals surface area contributed by atoms with Crippen LogP contribution in [0.25, 0.3) is 22.6 Å². The Morgan fingerprint density at radius 3 is 2.56 bits per heavy atom. The summed E-state index contributed by atoms with van der Waals surface area (Å²) < 4.78 is 25.8. The van der Waals surface area contributed by atoms with E-state index in [1.54, 1.807) is 24.4 Å². The molecule has 41 heavy (non-hydrogen) atoms. The number of hydrogen-bond acceptors (Lipinski definition) is 9. The molecule has 4 heterocycles. The number of hydrogen-bond donors (Lipinski definition) is 4. The number of nitrogens with one attached hydrogen (secondary N) is 4. The van der Waals surface area contributed by atoms with Crippen molar-refractivity contribution in [3.05, 3.63) is 48.2 Å². The topological polar surface area (TPSA) is 129 Å². The number of anilines is 1. The standard InChI is InChI=1S/C29H39FN8O3/c1-29(27(39)32-12-4-16-38(2)3)17-40-26(41-18-29)25-36-23(19-5-7-20(30)8-6-19)24(37-25)22-11-15-33-28(35-22)34-21-9-13-31-14-10-21/h5-8,11,15,21,26,31H,4,9-10,12-14,16-18H2,1-3H3,(H,32,39)(H,36,37)(H,33,34,35). The van der Waals surface area contributed by atoms with Gasteiger partial charge in [0.2, 0.25) is 18.1 Å². The Kier molecular flexibility index (Phi) is 9.23. The SMILES string of the molecule is CN(C)CCCNC(=O)C1(C)COC(c2nc(-c3ccc(F)cc3)c(-c3ccnc(NC4CCNCC4)n3)[nH]2)OC1. The Hall–Kier alpha value is -3.45. The molecule has 0 saturated carbocycles. The van der Waals surface area contributed by atoms with Gasteiger partial charge in [-0.3, -0.25) is 4.79 Å². The Bertz CT molecular complexity index is 1300. The van der Waals surface area contributed by atoms with Crippen molar-refractivity contribution in [3.8, 4) is 22.6 Å². The summed E-state index contributed by atoms with van der Waals surface area (Å²) in [6.45, 7) is 5.58. The fourth-order valence-electron chi connectivity index (χ4n) is 4.93. The van der Waals surface area contributed by atoms with Crippen LogP contribution >= 0.6 is 0 Å². The molecule has 0 atom stereocenters. The second kappa shape index (κ2) is 13.0. The lowest BCUT2D eigenvalue weighted by atomic mass is 9.91. The number of aromatic nitrogens is 4. The van der Waals surface area contributed by atoms with Gasteiger partial charge in [-0.05, 0) is 90.2 Å². The lowest BCUT2D eigenvalue weighted by Gasteiger charge is -2.35. The number of carbonyl (C=O) groups is 1. The molecule has 1 amide bonds. The Morgan fingerprint density at radius 1 is 1.12 bits per heavy atom. The molecular weight excluding hydrogens is 527 g/mol. The predicted molar refractivity (Wildman–Crippen MR) is 153 cm³/mol. The molecule has 4 N–H and O–H groups in total. The molecule has 0 bridgehead atoms. The third kappa shape index (κ3) is 7.25. The van der Waals surface area contributed by atoms with Gasteiger partial charge in [0.05, 0.1) is 35.7 Å². The number of aromatic amines is 1. The third-order valence-electron chi connectivity index (χ3n) is 7.37. The molecule has 2 aliphatic rings. The molecule has 220 valence electrons. The molecule has 0 radical (unpaired) electrons. The van der Waals surface area contributed by atoms with Crippen LogP contribution in [-0.2, 0) is 14.3 Å². The van der Waals surface area contributed by atoms with Crippen LogP contribution in [0, 0.1) is 11.2 Å². The zero-order valence-electron chi connectivity index (χ0n) is 23.9. The average Bonchev–Trinajstić information content (AvgIpc) is 3.42. The number of ether oxygens (including phenoxy) is 2. The molecule has 5 rings (SSSR count). The number of piperidine rings is 1. The van der Waals surface area contributed by atoms with Crippen LogP contribution in [0.4, 0.5) is 10.3 Å². The largest absolute Gasteiger partial charge is 0.355 e. The van der Waals surface area contributed by atoms with E-state index < -0.39 is 11.7 Å². The van der Waals surface area contributed by atoms with Crippen molar-refractivity contribution in [2.45, 2.75) is 38.5 Å². The highest BCUT2D eigenvalue weighted by Gasteiger charge is 2.40. The normalized spacial score (nSPS) is 21.6. The smallest absolute Gasteiger partial charge is 0.230 e. The average molecular weight is 567 g/mol. The van der Waals surface area contributed by atoms with Crippen LogP contribution in [0.1, 0.15) is 38.3 Å². The summed E-state index contributed by atoms with van der Waals surface area (Å²) in [7, 11) is 4.01. The second-order valence-corrected chi connectivity index (χ2v) is 11.2. The van der Waals surface area contributed by atoms with Gasteiger partial charge in [-0.25, -0.2) is 19.3 Å². The number of H-pyrrole nitrogens is 1. The van der Waals surface area contributed by atoms with Crippen molar-refractivity contribution >= 4 is 11.9 Å². The Morgan fingerprint density at radius 2 is 1.85 bits per heavy atom. The lowest BCUT2D eigenvalue weighted by Crippen LogP contribution is -2.49. The highest BCUT2D eigenvalue weighted by Crippen LogP contribution is 2.35. The summed E-state index contributed by atoms with van der Waals surface area (Å²) in [5.74, 6) is 0.545. The summed E-state index contributed by atoms with van der Waals surface area (Å²) in [6.07, 6.45) is 3.75. The molecule has 3 aromatic rings. The van der Waals surface area contributed by atoms with E-state index in [4.69, 9.17) is 19.4 Å². The lowest BCUT2D eigenvalue weighted by molar-refractivity contribution is -0.231. The Labute approximate surface area is 239 Å². The number of amides is 1. The van der Waals surface area contributed by atoms with E-state index in [2.05, 4.69) is 30.8 Å². The molecule has 0 spiro atoms. The summed E-state index contributed by atoms with van der Waals surface area (Å²) >= 11 is 0. The number of carbonyl (C=O) groups excluding carboxylic acids is 1. The zero-order valence-corrected chi connectivity index (χ0v) is 23.9.